The molecule has 0 spiro atoms. The van der Waals surface area contributed by atoms with Gasteiger partial charge in [-0.1, -0.05) is 12.1 Å². The lowest BCUT2D eigenvalue weighted by molar-refractivity contribution is -0.0327. The summed E-state index contributed by atoms with van der Waals surface area (Å²) in [6, 6.07) is 6.08. The van der Waals surface area contributed by atoms with Gasteiger partial charge in [0.2, 0.25) is 0 Å². The van der Waals surface area contributed by atoms with Crippen LogP contribution in [0.5, 0.6) is 0 Å². The van der Waals surface area contributed by atoms with E-state index in [9.17, 15) is 18.0 Å². The predicted molar refractivity (Wildman–Crippen MR) is 60.4 cm³/mol. The van der Waals surface area contributed by atoms with Crippen LogP contribution in [0.3, 0.4) is 0 Å². The quantitative estimate of drug-likeness (QED) is 0.803. The Balaban J connectivity index is 2.49. The van der Waals surface area contributed by atoms with Crippen LogP contribution in [0, 0.1) is 0 Å². The second kappa shape index (κ2) is 5.81. The van der Waals surface area contributed by atoms with Crippen molar-refractivity contribution in [2.45, 2.75) is 5.51 Å². The lowest BCUT2D eigenvalue weighted by Gasteiger charge is -2.10. The van der Waals surface area contributed by atoms with Gasteiger partial charge in [0.15, 0.2) is 0 Å². The van der Waals surface area contributed by atoms with E-state index in [1.54, 1.807) is 12.1 Å². The Morgan fingerprint density at radius 3 is 2.59 bits per heavy atom. The SMILES string of the molecule is O=C(O)c1ccccc1NCCSC(F)(F)F. The number of carbonyl (C=O) groups is 1. The number of benzene rings is 1. The molecule has 1 aromatic carbocycles. The molecule has 17 heavy (non-hydrogen) atoms. The molecule has 2 N–H and O–H groups in total. The van der Waals surface area contributed by atoms with E-state index in [1.165, 1.54) is 12.1 Å². The average molecular weight is 265 g/mol. The zero-order valence-corrected chi connectivity index (χ0v) is 9.44. The molecule has 1 rings (SSSR count). The van der Waals surface area contributed by atoms with Gasteiger partial charge in [0.25, 0.3) is 0 Å². The number of anilines is 1. The topological polar surface area (TPSA) is 49.3 Å². The highest BCUT2D eigenvalue weighted by Crippen LogP contribution is 2.29. The minimum absolute atomic E-state index is 0.0458. The molecular formula is C10H10F3NO2S. The number of nitrogens with one attached hydrogen (secondary N) is 1. The number of thioether (sulfide) groups is 1. The third-order valence-electron chi connectivity index (χ3n) is 1.84. The van der Waals surface area contributed by atoms with Gasteiger partial charge in [0, 0.05) is 18.0 Å². The van der Waals surface area contributed by atoms with Gasteiger partial charge in [-0.15, -0.1) is 0 Å². The molecule has 1 aromatic rings. The molecule has 0 saturated heterocycles. The average Bonchev–Trinajstić information content (AvgIpc) is 2.23. The number of alkyl halides is 3. The maximum atomic E-state index is 11.8. The largest absolute Gasteiger partial charge is 0.478 e. The minimum Gasteiger partial charge on any atom is -0.478 e. The molecule has 0 bridgehead atoms. The third-order valence-corrected chi connectivity index (χ3v) is 2.58. The van der Waals surface area contributed by atoms with Crippen molar-refractivity contribution in [3.63, 3.8) is 0 Å². The normalized spacial score (nSPS) is 11.2. The number of halogens is 3. The van der Waals surface area contributed by atoms with Gasteiger partial charge in [-0.25, -0.2) is 4.79 Å². The molecule has 0 amide bonds. The smallest absolute Gasteiger partial charge is 0.441 e. The molecule has 0 aliphatic carbocycles. The Labute approximate surface area is 100 Å². The summed E-state index contributed by atoms with van der Waals surface area (Å²) in [5.74, 6) is -1.28. The second-order valence-electron chi connectivity index (χ2n) is 3.07. The van der Waals surface area contributed by atoms with Gasteiger partial charge in [-0.05, 0) is 23.9 Å². The summed E-state index contributed by atoms with van der Waals surface area (Å²) in [5, 5.41) is 11.5. The number of rotatable bonds is 5. The van der Waals surface area contributed by atoms with Gasteiger partial charge in [-0.3, -0.25) is 0 Å². The highest BCUT2D eigenvalue weighted by atomic mass is 32.2. The maximum Gasteiger partial charge on any atom is 0.441 e. The second-order valence-corrected chi connectivity index (χ2v) is 4.23. The fourth-order valence-corrected chi connectivity index (χ4v) is 1.61. The zero-order chi connectivity index (χ0) is 12.9. The van der Waals surface area contributed by atoms with Crippen molar-refractivity contribution < 1.29 is 23.1 Å². The first-order valence-corrected chi connectivity index (χ1v) is 5.65. The highest BCUT2D eigenvalue weighted by molar-refractivity contribution is 8.00. The Bertz CT molecular complexity index is 395. The van der Waals surface area contributed by atoms with E-state index in [1.807, 2.05) is 0 Å². The first-order chi connectivity index (χ1) is 7.90. The van der Waals surface area contributed by atoms with Crippen LogP contribution in [0.4, 0.5) is 18.9 Å². The molecule has 0 aliphatic rings. The number of hydrogen-bond acceptors (Lipinski definition) is 3. The number of para-hydroxylation sites is 1. The number of hydrogen-bond donors (Lipinski definition) is 2. The van der Waals surface area contributed by atoms with Crippen molar-refractivity contribution >= 4 is 23.4 Å². The van der Waals surface area contributed by atoms with Gasteiger partial charge < -0.3 is 10.4 Å². The molecule has 0 aliphatic heterocycles. The number of carboxylic acid groups (broad SMARTS) is 1. The summed E-state index contributed by atoms with van der Waals surface area (Å²) in [6.07, 6.45) is 0. The van der Waals surface area contributed by atoms with Crippen molar-refractivity contribution in [1.82, 2.24) is 0 Å². The van der Waals surface area contributed by atoms with E-state index in [0.29, 0.717) is 5.69 Å². The first-order valence-electron chi connectivity index (χ1n) is 4.67. The summed E-state index contributed by atoms with van der Waals surface area (Å²) >= 11 is -0.143. The fraction of sp³-hybridized carbons (Fsp3) is 0.300. The van der Waals surface area contributed by atoms with Crippen LogP contribution >= 0.6 is 11.8 Å². The van der Waals surface area contributed by atoms with Crippen molar-refractivity contribution in [3.05, 3.63) is 29.8 Å². The molecule has 0 atom stereocenters. The highest BCUT2D eigenvalue weighted by Gasteiger charge is 2.27. The van der Waals surface area contributed by atoms with Crippen LogP contribution in [0.25, 0.3) is 0 Å². The molecule has 0 radical (unpaired) electrons. The molecule has 94 valence electrons. The lowest BCUT2D eigenvalue weighted by Crippen LogP contribution is -2.11. The Hall–Kier alpha value is -1.37. The summed E-state index contributed by atoms with van der Waals surface area (Å²) in [7, 11) is 0. The maximum absolute atomic E-state index is 11.8. The summed E-state index contributed by atoms with van der Waals surface area (Å²) in [6.45, 7) is 0.0501. The minimum atomic E-state index is -4.26. The van der Waals surface area contributed by atoms with Crippen LogP contribution in [0.1, 0.15) is 10.4 Å². The van der Waals surface area contributed by atoms with Gasteiger partial charge >= 0.3 is 11.5 Å². The van der Waals surface area contributed by atoms with E-state index in [0.717, 1.165) is 0 Å². The van der Waals surface area contributed by atoms with Crippen molar-refractivity contribution in [2.75, 3.05) is 17.6 Å². The molecule has 0 saturated carbocycles. The Morgan fingerprint density at radius 2 is 2.00 bits per heavy atom. The Kier molecular flexibility index (Phi) is 4.68. The van der Waals surface area contributed by atoms with Gasteiger partial charge in [0.05, 0.1) is 5.56 Å². The first kappa shape index (κ1) is 13.7. The summed E-state index contributed by atoms with van der Waals surface area (Å²) in [4.78, 5) is 10.8. The van der Waals surface area contributed by atoms with Crippen LogP contribution in [-0.4, -0.2) is 28.9 Å². The van der Waals surface area contributed by atoms with Crippen LogP contribution < -0.4 is 5.32 Å². The molecule has 0 aromatic heterocycles. The zero-order valence-electron chi connectivity index (χ0n) is 8.62. The Morgan fingerprint density at radius 1 is 1.35 bits per heavy atom. The molecule has 0 fully saturated rings. The molecule has 3 nitrogen and oxygen atoms in total. The number of aromatic carboxylic acids is 1. The van der Waals surface area contributed by atoms with Crippen LogP contribution in [-0.2, 0) is 0 Å². The number of carboxylic acids is 1. The monoisotopic (exact) mass is 265 g/mol. The third kappa shape index (κ3) is 4.99. The molecule has 0 heterocycles. The van der Waals surface area contributed by atoms with Gasteiger partial charge in [0.1, 0.15) is 0 Å². The van der Waals surface area contributed by atoms with Crippen molar-refractivity contribution in [2.24, 2.45) is 0 Å². The van der Waals surface area contributed by atoms with Gasteiger partial charge in [-0.2, -0.15) is 13.2 Å². The van der Waals surface area contributed by atoms with E-state index in [2.05, 4.69) is 5.32 Å². The molecule has 7 heteroatoms. The van der Waals surface area contributed by atoms with Crippen LogP contribution in [0.15, 0.2) is 24.3 Å². The fourth-order valence-electron chi connectivity index (χ4n) is 1.18. The molecular weight excluding hydrogens is 255 g/mol. The summed E-state index contributed by atoms with van der Waals surface area (Å²) in [5.41, 5.74) is -3.89. The standard InChI is InChI=1S/C10H10F3NO2S/c11-10(12,13)17-6-5-14-8-4-2-1-3-7(8)9(15)16/h1-4,14H,5-6H2,(H,15,16). The predicted octanol–water partition coefficient (Wildman–Crippen LogP) is 3.05. The van der Waals surface area contributed by atoms with E-state index >= 15 is 0 Å². The lowest BCUT2D eigenvalue weighted by atomic mass is 10.2. The van der Waals surface area contributed by atoms with E-state index < -0.39 is 11.5 Å². The summed E-state index contributed by atoms with van der Waals surface area (Å²) < 4.78 is 35.5. The van der Waals surface area contributed by atoms with E-state index in [-0.39, 0.29) is 29.6 Å². The molecule has 0 unspecified atom stereocenters. The van der Waals surface area contributed by atoms with Crippen molar-refractivity contribution in [1.29, 1.82) is 0 Å². The van der Waals surface area contributed by atoms with Crippen molar-refractivity contribution in [3.8, 4) is 0 Å². The van der Waals surface area contributed by atoms with Crippen LogP contribution in [0.2, 0.25) is 0 Å². The van der Waals surface area contributed by atoms with E-state index in [4.69, 9.17) is 5.11 Å².